The van der Waals surface area contributed by atoms with Crippen molar-refractivity contribution in [3.8, 4) is 22.8 Å². The average molecular weight is 258 g/mol. The van der Waals surface area contributed by atoms with Crippen LogP contribution in [-0.4, -0.2) is 32.4 Å². The predicted molar refractivity (Wildman–Crippen MR) is 65.6 cm³/mol. The van der Waals surface area contributed by atoms with Crippen molar-refractivity contribution in [2.45, 2.75) is 0 Å². The quantitative estimate of drug-likeness (QED) is 0.744. The van der Waals surface area contributed by atoms with Gasteiger partial charge >= 0.3 is 0 Å². The molecule has 2 aromatic heterocycles. The summed E-state index contributed by atoms with van der Waals surface area (Å²) >= 11 is 0. The van der Waals surface area contributed by atoms with Gasteiger partial charge in [0, 0.05) is 5.56 Å². The van der Waals surface area contributed by atoms with E-state index in [0.29, 0.717) is 11.5 Å². The first-order chi connectivity index (χ1) is 9.29. The van der Waals surface area contributed by atoms with E-state index >= 15 is 0 Å². The molecule has 3 rings (SSSR count). The number of nitrogens with zero attached hydrogens (tertiary/aromatic N) is 5. The van der Waals surface area contributed by atoms with Crippen molar-refractivity contribution < 1.29 is 9.37 Å². The zero-order chi connectivity index (χ0) is 13.2. The van der Waals surface area contributed by atoms with Gasteiger partial charge in [0.1, 0.15) is 5.75 Å². The van der Waals surface area contributed by atoms with E-state index in [4.69, 9.17) is 10.5 Å². The molecule has 8 nitrogen and oxygen atoms in total. The molecule has 19 heavy (non-hydrogen) atoms. The van der Waals surface area contributed by atoms with Gasteiger partial charge in [0.25, 0.3) is 0 Å². The third kappa shape index (κ3) is 1.88. The van der Waals surface area contributed by atoms with Gasteiger partial charge in [-0.15, -0.1) is 5.10 Å². The molecular formula is C11H10N6O2. The summed E-state index contributed by atoms with van der Waals surface area (Å²) in [6, 6.07) is 7.49. The monoisotopic (exact) mass is 258 g/mol. The Balaban J connectivity index is 2.12. The molecule has 0 aliphatic rings. The molecule has 0 saturated carbocycles. The van der Waals surface area contributed by atoms with Crippen molar-refractivity contribution in [2.75, 3.05) is 12.8 Å². The molecule has 3 aromatic rings. The highest BCUT2D eigenvalue weighted by molar-refractivity contribution is 5.63. The highest BCUT2D eigenvalue weighted by Gasteiger charge is 2.15. The highest BCUT2D eigenvalue weighted by atomic mass is 16.6. The van der Waals surface area contributed by atoms with Crippen LogP contribution in [0.3, 0.4) is 0 Å². The van der Waals surface area contributed by atoms with Crippen LogP contribution in [0.1, 0.15) is 0 Å². The fourth-order valence-corrected chi connectivity index (χ4v) is 1.71. The minimum absolute atomic E-state index is 0.148. The lowest BCUT2D eigenvalue weighted by molar-refractivity contribution is 0.307. The maximum atomic E-state index is 5.65. The summed E-state index contributed by atoms with van der Waals surface area (Å²) < 4.78 is 11.2. The van der Waals surface area contributed by atoms with Gasteiger partial charge in [0.2, 0.25) is 11.6 Å². The molecule has 0 aliphatic heterocycles. The van der Waals surface area contributed by atoms with Crippen LogP contribution < -0.4 is 10.5 Å². The number of methoxy groups -OCH3 is 1. The van der Waals surface area contributed by atoms with Crippen LogP contribution in [0.2, 0.25) is 0 Å². The Bertz CT molecular complexity index is 705. The Labute approximate surface area is 107 Å². The fourth-order valence-electron chi connectivity index (χ4n) is 1.71. The molecule has 1 aromatic carbocycles. The molecule has 2 heterocycles. The molecule has 2 N–H and O–H groups in total. The van der Waals surface area contributed by atoms with E-state index in [-0.39, 0.29) is 5.82 Å². The van der Waals surface area contributed by atoms with E-state index in [1.54, 1.807) is 13.3 Å². The SMILES string of the molecule is COc1cccc(-c2cnnn2-c2nonc2N)c1. The Morgan fingerprint density at radius 3 is 2.95 bits per heavy atom. The van der Waals surface area contributed by atoms with Crippen LogP contribution in [-0.2, 0) is 0 Å². The zero-order valence-electron chi connectivity index (χ0n) is 10.0. The first kappa shape index (κ1) is 11.2. The van der Waals surface area contributed by atoms with Gasteiger partial charge in [-0.1, -0.05) is 17.3 Å². The maximum Gasteiger partial charge on any atom is 0.243 e. The first-order valence-electron chi connectivity index (χ1n) is 5.43. The second-order valence-corrected chi connectivity index (χ2v) is 3.74. The molecule has 96 valence electrons. The minimum Gasteiger partial charge on any atom is -0.497 e. The summed E-state index contributed by atoms with van der Waals surface area (Å²) in [5.74, 6) is 1.18. The highest BCUT2D eigenvalue weighted by Crippen LogP contribution is 2.25. The Morgan fingerprint density at radius 1 is 1.32 bits per heavy atom. The summed E-state index contributed by atoms with van der Waals surface area (Å²) in [4.78, 5) is 0. The van der Waals surface area contributed by atoms with Crippen molar-refractivity contribution in [3.05, 3.63) is 30.5 Å². The normalized spacial score (nSPS) is 10.6. The lowest BCUT2D eigenvalue weighted by Crippen LogP contribution is -2.03. The number of hydrogen-bond acceptors (Lipinski definition) is 7. The van der Waals surface area contributed by atoms with E-state index < -0.39 is 0 Å². The van der Waals surface area contributed by atoms with Crippen LogP contribution >= 0.6 is 0 Å². The number of rotatable bonds is 3. The van der Waals surface area contributed by atoms with Gasteiger partial charge in [0.05, 0.1) is 19.0 Å². The number of nitrogens with two attached hydrogens (primary N) is 1. The molecule has 0 unspecified atom stereocenters. The van der Waals surface area contributed by atoms with Crippen LogP contribution in [0, 0.1) is 0 Å². The second kappa shape index (κ2) is 4.41. The molecule has 0 atom stereocenters. The molecule has 0 fully saturated rings. The van der Waals surface area contributed by atoms with E-state index in [1.165, 1.54) is 4.68 Å². The summed E-state index contributed by atoms with van der Waals surface area (Å²) in [6.45, 7) is 0. The Hall–Kier alpha value is -2.90. The van der Waals surface area contributed by atoms with Crippen LogP contribution in [0.25, 0.3) is 17.1 Å². The van der Waals surface area contributed by atoms with Crippen molar-refractivity contribution in [3.63, 3.8) is 0 Å². The lowest BCUT2D eigenvalue weighted by atomic mass is 10.1. The number of anilines is 1. The smallest absolute Gasteiger partial charge is 0.243 e. The minimum atomic E-state index is 0.148. The Morgan fingerprint density at radius 2 is 2.21 bits per heavy atom. The van der Waals surface area contributed by atoms with Gasteiger partial charge in [-0.3, -0.25) is 0 Å². The third-order valence-electron chi connectivity index (χ3n) is 2.61. The number of nitrogen functional groups attached to an aromatic ring is 1. The van der Waals surface area contributed by atoms with Crippen LogP contribution in [0.4, 0.5) is 5.82 Å². The molecular weight excluding hydrogens is 248 g/mol. The van der Waals surface area contributed by atoms with Crippen molar-refractivity contribution in [1.82, 2.24) is 25.3 Å². The van der Waals surface area contributed by atoms with Gasteiger partial charge in [0.15, 0.2) is 0 Å². The summed E-state index contributed by atoms with van der Waals surface area (Å²) in [7, 11) is 1.61. The lowest BCUT2D eigenvalue weighted by Gasteiger charge is -2.05. The standard InChI is InChI=1S/C11H10N6O2/c1-18-8-4-2-3-7(5-8)9-6-13-16-17(9)11-10(12)14-19-15-11/h2-6H,1H3,(H2,12,14). The predicted octanol–water partition coefficient (Wildman–Crippen LogP) is 0.908. The molecule has 0 aliphatic carbocycles. The van der Waals surface area contributed by atoms with Crippen LogP contribution in [0.15, 0.2) is 35.1 Å². The molecule has 0 bridgehead atoms. The van der Waals surface area contributed by atoms with Crippen LogP contribution in [0.5, 0.6) is 5.75 Å². The van der Waals surface area contributed by atoms with Crippen molar-refractivity contribution >= 4 is 5.82 Å². The average Bonchev–Trinajstić information content (AvgIpc) is 3.06. The second-order valence-electron chi connectivity index (χ2n) is 3.74. The maximum absolute atomic E-state index is 5.65. The summed E-state index contributed by atoms with van der Waals surface area (Å²) in [5.41, 5.74) is 7.23. The Kier molecular flexibility index (Phi) is 2.60. The molecule has 0 amide bonds. The topological polar surface area (TPSA) is 105 Å². The number of benzene rings is 1. The van der Waals surface area contributed by atoms with E-state index in [2.05, 4.69) is 25.3 Å². The van der Waals surface area contributed by atoms with Gasteiger partial charge < -0.3 is 10.5 Å². The van der Waals surface area contributed by atoms with Gasteiger partial charge in [-0.25, -0.2) is 4.63 Å². The number of ether oxygens (including phenoxy) is 1. The zero-order valence-corrected chi connectivity index (χ0v) is 10.0. The number of hydrogen-bond donors (Lipinski definition) is 1. The summed E-state index contributed by atoms with van der Waals surface area (Å²) in [5, 5.41) is 15.0. The first-order valence-corrected chi connectivity index (χ1v) is 5.43. The molecule has 0 radical (unpaired) electrons. The molecule has 0 spiro atoms. The van der Waals surface area contributed by atoms with Crippen molar-refractivity contribution in [2.24, 2.45) is 0 Å². The third-order valence-corrected chi connectivity index (χ3v) is 2.61. The fraction of sp³-hybridized carbons (Fsp3) is 0.0909. The van der Waals surface area contributed by atoms with Gasteiger partial charge in [-0.2, -0.15) is 4.68 Å². The van der Waals surface area contributed by atoms with Crippen molar-refractivity contribution in [1.29, 1.82) is 0 Å². The van der Waals surface area contributed by atoms with E-state index in [0.717, 1.165) is 11.3 Å². The number of aromatic nitrogens is 5. The molecule has 8 heteroatoms. The largest absolute Gasteiger partial charge is 0.497 e. The summed E-state index contributed by atoms with van der Waals surface area (Å²) in [6.07, 6.45) is 1.60. The molecule has 0 saturated heterocycles. The van der Waals surface area contributed by atoms with Gasteiger partial charge in [-0.05, 0) is 22.4 Å². The van der Waals surface area contributed by atoms with E-state index in [9.17, 15) is 0 Å². The van der Waals surface area contributed by atoms with E-state index in [1.807, 2.05) is 24.3 Å².